The Morgan fingerprint density at radius 1 is 1.25 bits per heavy atom. The predicted molar refractivity (Wildman–Crippen MR) is 95.6 cm³/mol. The first-order chi connectivity index (χ1) is 11.7. The van der Waals surface area contributed by atoms with E-state index in [4.69, 9.17) is 4.74 Å². The van der Waals surface area contributed by atoms with Crippen molar-refractivity contribution in [3.63, 3.8) is 0 Å². The third kappa shape index (κ3) is 4.97. The van der Waals surface area contributed by atoms with Crippen molar-refractivity contribution in [2.75, 3.05) is 32.8 Å². The van der Waals surface area contributed by atoms with Gasteiger partial charge < -0.3 is 15.0 Å². The van der Waals surface area contributed by atoms with E-state index in [1.54, 1.807) is 4.90 Å². The third-order valence-corrected chi connectivity index (χ3v) is 5.45. The highest BCUT2D eigenvalue weighted by Crippen LogP contribution is 2.25. The number of fused-ring (bicyclic) bond motifs is 1. The molecule has 0 saturated carbocycles. The first-order valence-electron chi connectivity index (χ1n) is 9.55. The van der Waals surface area contributed by atoms with Gasteiger partial charge >= 0.3 is 0 Å². The number of hydrogen-bond acceptors (Lipinski definition) is 2. The van der Waals surface area contributed by atoms with Crippen molar-refractivity contribution >= 4 is 5.91 Å². The summed E-state index contributed by atoms with van der Waals surface area (Å²) in [7, 11) is 0. The lowest BCUT2D eigenvalue weighted by molar-refractivity contribution is -0.906. The van der Waals surface area contributed by atoms with Gasteiger partial charge in [-0.2, -0.15) is 0 Å². The van der Waals surface area contributed by atoms with E-state index in [0.717, 1.165) is 31.1 Å². The minimum Gasteiger partial charge on any atom is -0.484 e. The summed E-state index contributed by atoms with van der Waals surface area (Å²) in [6.45, 7) is 6.96. The third-order valence-electron chi connectivity index (χ3n) is 5.45. The van der Waals surface area contributed by atoms with Gasteiger partial charge in [0, 0.05) is 13.0 Å². The minimum absolute atomic E-state index is 0.0160. The molecule has 4 heteroatoms. The molecule has 1 amide bonds. The SMILES string of the molecule is CC1CC[NH+](CCCNC(=O)COc2ccc3c(c2)CCC3)CC1. The summed E-state index contributed by atoms with van der Waals surface area (Å²) < 4.78 is 5.63. The van der Waals surface area contributed by atoms with Gasteiger partial charge in [0.1, 0.15) is 5.75 Å². The number of quaternary nitrogens is 1. The normalized spacial score (nSPS) is 22.9. The van der Waals surface area contributed by atoms with E-state index in [2.05, 4.69) is 24.4 Å². The summed E-state index contributed by atoms with van der Waals surface area (Å²) in [6.07, 6.45) is 7.28. The van der Waals surface area contributed by atoms with Crippen LogP contribution in [0.4, 0.5) is 0 Å². The molecule has 0 radical (unpaired) electrons. The fraction of sp³-hybridized carbons (Fsp3) is 0.650. The molecule has 3 rings (SSSR count). The highest BCUT2D eigenvalue weighted by molar-refractivity contribution is 5.77. The summed E-state index contributed by atoms with van der Waals surface area (Å²) >= 11 is 0. The molecule has 0 aromatic heterocycles. The Kier molecular flexibility index (Phi) is 6.13. The molecule has 0 spiro atoms. The van der Waals surface area contributed by atoms with E-state index in [0.29, 0.717) is 0 Å². The first-order valence-corrected chi connectivity index (χ1v) is 9.55. The molecule has 24 heavy (non-hydrogen) atoms. The molecule has 0 unspecified atom stereocenters. The van der Waals surface area contributed by atoms with Crippen LogP contribution in [0.2, 0.25) is 0 Å². The lowest BCUT2D eigenvalue weighted by atomic mass is 9.99. The number of ether oxygens (including phenoxy) is 1. The van der Waals surface area contributed by atoms with E-state index in [-0.39, 0.29) is 12.5 Å². The zero-order valence-corrected chi connectivity index (χ0v) is 14.9. The van der Waals surface area contributed by atoms with Crippen molar-refractivity contribution in [2.24, 2.45) is 5.92 Å². The summed E-state index contributed by atoms with van der Waals surface area (Å²) in [4.78, 5) is 13.6. The van der Waals surface area contributed by atoms with Gasteiger partial charge in [0.05, 0.1) is 19.6 Å². The number of likely N-dealkylation sites (tertiary alicyclic amines) is 1. The monoisotopic (exact) mass is 331 g/mol. The lowest BCUT2D eigenvalue weighted by Crippen LogP contribution is -3.13. The number of nitrogens with one attached hydrogen (secondary N) is 2. The summed E-state index contributed by atoms with van der Waals surface area (Å²) in [5.41, 5.74) is 2.81. The molecule has 0 bridgehead atoms. The van der Waals surface area contributed by atoms with Crippen LogP contribution in [0.25, 0.3) is 0 Å². The van der Waals surface area contributed by atoms with Crippen molar-refractivity contribution < 1.29 is 14.4 Å². The number of rotatable bonds is 7. The fourth-order valence-electron chi connectivity index (χ4n) is 3.82. The molecule has 0 atom stereocenters. The molecular formula is C20H31N2O2+. The van der Waals surface area contributed by atoms with Crippen molar-refractivity contribution in [3.8, 4) is 5.75 Å². The van der Waals surface area contributed by atoms with Crippen LogP contribution in [0, 0.1) is 5.92 Å². The van der Waals surface area contributed by atoms with Gasteiger partial charge in [-0.15, -0.1) is 0 Å². The Labute approximate surface area is 145 Å². The van der Waals surface area contributed by atoms with E-state index in [1.807, 2.05) is 6.07 Å². The van der Waals surface area contributed by atoms with Gasteiger partial charge in [-0.3, -0.25) is 4.79 Å². The van der Waals surface area contributed by atoms with Gasteiger partial charge in [-0.05, 0) is 61.3 Å². The zero-order chi connectivity index (χ0) is 16.8. The summed E-state index contributed by atoms with van der Waals surface area (Å²) in [5, 5.41) is 2.98. The molecule has 1 fully saturated rings. The van der Waals surface area contributed by atoms with Crippen molar-refractivity contribution in [1.29, 1.82) is 0 Å². The van der Waals surface area contributed by atoms with Gasteiger partial charge in [-0.25, -0.2) is 0 Å². The van der Waals surface area contributed by atoms with Crippen LogP contribution in [0.1, 0.15) is 43.7 Å². The lowest BCUT2D eigenvalue weighted by Gasteiger charge is -2.27. The highest BCUT2D eigenvalue weighted by atomic mass is 16.5. The second kappa shape index (κ2) is 8.52. The maximum atomic E-state index is 11.9. The van der Waals surface area contributed by atoms with E-state index >= 15 is 0 Å². The second-order valence-corrected chi connectivity index (χ2v) is 7.46. The number of benzene rings is 1. The van der Waals surface area contributed by atoms with Crippen LogP contribution in [0.15, 0.2) is 18.2 Å². The Bertz CT molecular complexity index is 551. The second-order valence-electron chi connectivity index (χ2n) is 7.46. The Hall–Kier alpha value is -1.55. The van der Waals surface area contributed by atoms with Crippen LogP contribution in [0.5, 0.6) is 5.75 Å². The van der Waals surface area contributed by atoms with E-state index in [9.17, 15) is 4.79 Å². The van der Waals surface area contributed by atoms with Crippen LogP contribution in [-0.4, -0.2) is 38.7 Å². The Morgan fingerprint density at radius 3 is 2.88 bits per heavy atom. The standard InChI is InChI=1S/C20H30N2O2/c1-16-8-12-22(13-9-16)11-3-10-21-20(23)15-24-19-7-6-17-4-2-5-18(17)14-19/h6-7,14,16H,2-5,8-13,15H2,1H3,(H,21,23)/p+1. The molecule has 1 saturated heterocycles. The molecule has 1 aliphatic carbocycles. The van der Waals surface area contributed by atoms with Crippen molar-refractivity contribution in [2.45, 2.75) is 45.4 Å². The molecule has 1 aromatic carbocycles. The van der Waals surface area contributed by atoms with Gasteiger partial charge in [0.25, 0.3) is 5.91 Å². The predicted octanol–water partition coefficient (Wildman–Crippen LogP) is 1.38. The number of carbonyl (C=O) groups is 1. The number of piperidine rings is 1. The quantitative estimate of drug-likeness (QED) is 0.741. The molecule has 2 N–H and O–H groups in total. The largest absolute Gasteiger partial charge is 0.484 e. The van der Waals surface area contributed by atoms with E-state index in [1.165, 1.54) is 56.4 Å². The topological polar surface area (TPSA) is 42.8 Å². The Balaban J connectivity index is 1.29. The van der Waals surface area contributed by atoms with Crippen LogP contribution >= 0.6 is 0 Å². The molecule has 4 nitrogen and oxygen atoms in total. The smallest absolute Gasteiger partial charge is 0.257 e. The van der Waals surface area contributed by atoms with Crippen molar-refractivity contribution in [3.05, 3.63) is 29.3 Å². The molecule has 1 aliphatic heterocycles. The number of aryl methyl sites for hydroxylation is 2. The number of carbonyl (C=O) groups excluding carboxylic acids is 1. The van der Waals surface area contributed by atoms with Gasteiger partial charge in [-0.1, -0.05) is 13.0 Å². The molecule has 132 valence electrons. The molecule has 1 heterocycles. The molecular weight excluding hydrogens is 300 g/mol. The number of amides is 1. The highest BCUT2D eigenvalue weighted by Gasteiger charge is 2.18. The number of hydrogen-bond donors (Lipinski definition) is 2. The van der Waals surface area contributed by atoms with E-state index < -0.39 is 0 Å². The summed E-state index contributed by atoms with van der Waals surface area (Å²) in [5.74, 6) is 1.69. The Morgan fingerprint density at radius 2 is 2.04 bits per heavy atom. The first kappa shape index (κ1) is 17.3. The maximum absolute atomic E-state index is 11.9. The fourth-order valence-corrected chi connectivity index (χ4v) is 3.82. The average molecular weight is 331 g/mol. The molecule has 2 aliphatic rings. The van der Waals surface area contributed by atoms with Gasteiger partial charge in [0.2, 0.25) is 0 Å². The maximum Gasteiger partial charge on any atom is 0.257 e. The van der Waals surface area contributed by atoms with Crippen LogP contribution in [-0.2, 0) is 17.6 Å². The average Bonchev–Trinajstić information content (AvgIpc) is 3.06. The van der Waals surface area contributed by atoms with Gasteiger partial charge in [0.15, 0.2) is 6.61 Å². The summed E-state index contributed by atoms with van der Waals surface area (Å²) in [6, 6.07) is 6.21. The van der Waals surface area contributed by atoms with Crippen LogP contribution in [0.3, 0.4) is 0 Å². The van der Waals surface area contributed by atoms with Crippen LogP contribution < -0.4 is 15.0 Å². The van der Waals surface area contributed by atoms with Crippen molar-refractivity contribution in [1.82, 2.24) is 5.32 Å². The zero-order valence-electron chi connectivity index (χ0n) is 14.9. The molecule has 1 aromatic rings. The minimum atomic E-state index is -0.0160.